The first kappa shape index (κ1) is 20.7. The van der Waals surface area contributed by atoms with Gasteiger partial charge < -0.3 is 14.6 Å². The van der Waals surface area contributed by atoms with Crippen molar-refractivity contribution < 1.29 is 18.3 Å². The van der Waals surface area contributed by atoms with Crippen LogP contribution >= 0.6 is 0 Å². The van der Waals surface area contributed by atoms with Crippen molar-refractivity contribution in [3.05, 3.63) is 17.5 Å². The Labute approximate surface area is 158 Å². The number of nitrogens with zero attached hydrogens (tertiary/aromatic N) is 5. The first-order chi connectivity index (χ1) is 12.6. The molecule has 2 N–H and O–H groups in total. The number of carbonyl (C=O) groups is 1. The molecule has 12 heteroatoms. The van der Waals surface area contributed by atoms with Crippen LogP contribution in [0.5, 0.6) is 0 Å². The van der Waals surface area contributed by atoms with Crippen LogP contribution in [0.2, 0.25) is 0 Å². The molecule has 1 atom stereocenters. The third-order valence-electron chi connectivity index (χ3n) is 3.45. The molecule has 11 nitrogen and oxygen atoms in total. The Morgan fingerprint density at radius 3 is 2.74 bits per heavy atom. The molecule has 27 heavy (non-hydrogen) atoms. The smallest absolute Gasteiger partial charge is 0.343 e. The Morgan fingerprint density at radius 1 is 1.44 bits per heavy atom. The third kappa shape index (κ3) is 4.98. The molecule has 2 aromatic rings. The van der Waals surface area contributed by atoms with Gasteiger partial charge in [0.15, 0.2) is 17.3 Å². The second-order valence-electron chi connectivity index (χ2n) is 6.60. The highest BCUT2D eigenvalue weighted by molar-refractivity contribution is 7.79. The van der Waals surface area contributed by atoms with Crippen LogP contribution in [-0.2, 0) is 28.3 Å². The minimum absolute atomic E-state index is 0.135. The number of carbonyl (C=O) groups excluding carboxylic acids is 1. The van der Waals surface area contributed by atoms with Crippen LogP contribution in [0.3, 0.4) is 0 Å². The molecule has 0 aliphatic carbocycles. The number of nitrogens with one attached hydrogen (secondary N) is 2. The summed E-state index contributed by atoms with van der Waals surface area (Å²) >= 11 is -2.29. The zero-order valence-electron chi connectivity index (χ0n) is 15.8. The summed E-state index contributed by atoms with van der Waals surface area (Å²) in [5.41, 5.74) is 0.766. The number of aromatic amines is 1. The van der Waals surface area contributed by atoms with Gasteiger partial charge in [0.25, 0.3) is 0 Å². The van der Waals surface area contributed by atoms with Crippen molar-refractivity contribution in [3.63, 3.8) is 0 Å². The summed E-state index contributed by atoms with van der Waals surface area (Å²) < 4.78 is 28.3. The van der Waals surface area contributed by atoms with Crippen LogP contribution < -0.4 is 5.32 Å². The van der Waals surface area contributed by atoms with E-state index in [9.17, 15) is 13.6 Å². The number of aromatic nitrogens is 4. The van der Waals surface area contributed by atoms with E-state index in [4.69, 9.17) is 4.74 Å². The number of ether oxygens (including phenoxy) is 1. The van der Waals surface area contributed by atoms with Gasteiger partial charge in [0.1, 0.15) is 5.56 Å². The molecule has 0 aliphatic rings. The van der Waals surface area contributed by atoms with Crippen molar-refractivity contribution in [2.24, 2.45) is 17.3 Å². The van der Waals surface area contributed by atoms with Crippen LogP contribution in [0.4, 0.5) is 17.3 Å². The van der Waals surface area contributed by atoms with Crippen molar-refractivity contribution >= 4 is 34.4 Å². The summed E-state index contributed by atoms with van der Waals surface area (Å²) in [4.78, 5) is 11.9. The van der Waals surface area contributed by atoms with E-state index in [-0.39, 0.29) is 29.3 Å². The van der Waals surface area contributed by atoms with Crippen molar-refractivity contribution in [1.29, 1.82) is 0 Å². The molecule has 0 saturated heterocycles. The predicted octanol–water partition coefficient (Wildman–Crippen LogP) is 2.28. The summed E-state index contributed by atoms with van der Waals surface area (Å²) in [5.74, 6) is -0.341. The molecule has 2 heterocycles. The fourth-order valence-corrected chi connectivity index (χ4v) is 2.51. The number of hydrogen-bond donors (Lipinski definition) is 2. The van der Waals surface area contributed by atoms with Crippen LogP contribution in [0, 0.1) is 0 Å². The largest absolute Gasteiger partial charge is 0.771 e. The van der Waals surface area contributed by atoms with E-state index >= 15 is 0 Å². The summed E-state index contributed by atoms with van der Waals surface area (Å²) in [5, 5.41) is 21.9. The minimum Gasteiger partial charge on any atom is -0.771 e. The lowest BCUT2D eigenvalue weighted by Gasteiger charge is -2.15. The van der Waals surface area contributed by atoms with Gasteiger partial charge >= 0.3 is 5.97 Å². The lowest BCUT2D eigenvalue weighted by Crippen LogP contribution is -2.12. The molecule has 0 aromatic carbocycles. The molecule has 0 radical (unpaired) electrons. The first-order valence-corrected chi connectivity index (χ1v) is 9.39. The second-order valence-corrected chi connectivity index (χ2v) is 7.49. The fraction of sp³-hybridized carbons (Fsp3) is 0.533. The maximum Gasteiger partial charge on any atom is 0.343 e. The van der Waals surface area contributed by atoms with Gasteiger partial charge in [-0.3, -0.25) is 14.0 Å². The molecule has 0 bridgehead atoms. The number of azo groups is 1. The number of esters is 1. The Kier molecular flexibility index (Phi) is 6.44. The summed E-state index contributed by atoms with van der Waals surface area (Å²) in [7, 11) is 1.67. The molecule has 2 rings (SSSR count). The standard InChI is InChI=1S/C15H23N7O4S/c1-6-26-14(23)9-7-17-19-12(9)20-18-10-11(15(2,3)4)21-22(5)13(10)16-8-27(24)25/h7,16H,6,8H2,1-5H3,(H,17,19)(H,24,25)/p-1. The maximum absolute atomic E-state index is 11.9. The third-order valence-corrected chi connectivity index (χ3v) is 3.83. The number of hydrogen-bond acceptors (Lipinski definition) is 9. The summed E-state index contributed by atoms with van der Waals surface area (Å²) in [6, 6.07) is 0. The van der Waals surface area contributed by atoms with Gasteiger partial charge in [-0.15, -0.1) is 10.2 Å². The van der Waals surface area contributed by atoms with Gasteiger partial charge in [-0.05, 0) is 18.0 Å². The molecular formula is C15H22N7O4S-. The number of rotatable bonds is 7. The zero-order chi connectivity index (χ0) is 20.2. The van der Waals surface area contributed by atoms with Gasteiger partial charge in [-0.2, -0.15) is 10.2 Å². The molecule has 148 valence electrons. The van der Waals surface area contributed by atoms with E-state index in [0.29, 0.717) is 17.2 Å². The lowest BCUT2D eigenvalue weighted by atomic mass is 9.91. The van der Waals surface area contributed by atoms with Crippen molar-refractivity contribution in [2.45, 2.75) is 33.1 Å². The Morgan fingerprint density at radius 2 is 2.15 bits per heavy atom. The van der Waals surface area contributed by atoms with Gasteiger partial charge in [-0.25, -0.2) is 4.79 Å². The average molecular weight is 396 g/mol. The van der Waals surface area contributed by atoms with Crippen LogP contribution in [0.1, 0.15) is 43.7 Å². The van der Waals surface area contributed by atoms with E-state index < -0.39 is 17.0 Å². The van der Waals surface area contributed by atoms with Crippen LogP contribution in [0.15, 0.2) is 16.4 Å². The highest BCUT2D eigenvalue weighted by atomic mass is 32.2. The molecule has 0 amide bonds. The molecule has 0 spiro atoms. The molecule has 0 aliphatic heterocycles. The topological polar surface area (TPSA) is 150 Å². The highest BCUT2D eigenvalue weighted by Gasteiger charge is 2.26. The van der Waals surface area contributed by atoms with Gasteiger partial charge in [-0.1, -0.05) is 20.8 Å². The monoisotopic (exact) mass is 396 g/mol. The Bertz CT molecular complexity index is 866. The molecule has 0 saturated carbocycles. The van der Waals surface area contributed by atoms with Gasteiger partial charge in [0.05, 0.1) is 24.4 Å². The van der Waals surface area contributed by atoms with Crippen molar-refractivity contribution in [3.8, 4) is 0 Å². The Hall–Kier alpha value is -2.60. The van der Waals surface area contributed by atoms with E-state index in [2.05, 4.69) is 30.8 Å². The number of anilines is 1. The fourth-order valence-electron chi connectivity index (χ4n) is 2.25. The van der Waals surface area contributed by atoms with E-state index in [1.807, 2.05) is 20.8 Å². The van der Waals surface area contributed by atoms with Crippen molar-refractivity contribution in [1.82, 2.24) is 20.0 Å². The van der Waals surface area contributed by atoms with Gasteiger partial charge in [0, 0.05) is 12.5 Å². The molecule has 1 unspecified atom stereocenters. The van der Waals surface area contributed by atoms with E-state index in [1.165, 1.54) is 10.9 Å². The predicted molar refractivity (Wildman–Crippen MR) is 98.0 cm³/mol. The number of aryl methyl sites for hydroxylation is 1. The minimum atomic E-state index is -2.29. The van der Waals surface area contributed by atoms with Crippen molar-refractivity contribution in [2.75, 3.05) is 17.8 Å². The van der Waals surface area contributed by atoms with Crippen LogP contribution in [-0.4, -0.2) is 47.2 Å². The van der Waals surface area contributed by atoms with E-state index in [0.717, 1.165) is 0 Å². The molecule has 0 fully saturated rings. The normalized spacial score (nSPS) is 13.1. The molecular weight excluding hydrogens is 374 g/mol. The zero-order valence-corrected chi connectivity index (χ0v) is 16.6. The first-order valence-electron chi connectivity index (χ1n) is 8.14. The van der Waals surface area contributed by atoms with Gasteiger partial charge in [0.2, 0.25) is 0 Å². The average Bonchev–Trinajstić information content (AvgIpc) is 3.15. The quantitative estimate of drug-likeness (QED) is 0.414. The molecule has 2 aromatic heterocycles. The summed E-state index contributed by atoms with van der Waals surface area (Å²) in [6.07, 6.45) is 1.31. The Balaban J connectivity index is 2.45. The lowest BCUT2D eigenvalue weighted by molar-refractivity contribution is 0.0527. The second kappa shape index (κ2) is 8.39. The highest BCUT2D eigenvalue weighted by Crippen LogP contribution is 2.37. The van der Waals surface area contributed by atoms with E-state index in [1.54, 1.807) is 14.0 Å². The summed E-state index contributed by atoms with van der Waals surface area (Å²) in [6.45, 7) is 7.76. The maximum atomic E-state index is 11.9. The SMILES string of the molecule is CCOC(=O)c1cn[nH]c1N=Nc1c(C(C)(C)C)nn(C)c1NCS(=O)[O-]. The van der Waals surface area contributed by atoms with Crippen LogP contribution in [0.25, 0.3) is 0 Å². The number of H-pyrrole nitrogens is 1.